The van der Waals surface area contributed by atoms with Gasteiger partial charge in [0.25, 0.3) is 0 Å². The molecule has 2 N–H and O–H groups in total. The van der Waals surface area contributed by atoms with Crippen LogP contribution in [0, 0.1) is 5.92 Å². The summed E-state index contributed by atoms with van der Waals surface area (Å²) in [7, 11) is 0. The number of hydrogen-bond donors (Lipinski definition) is 1. The maximum Gasteiger partial charge on any atom is 0.146 e. The monoisotopic (exact) mass is 336 g/mol. The lowest BCUT2D eigenvalue weighted by atomic mass is 9.76. The van der Waals surface area contributed by atoms with Gasteiger partial charge in [0.05, 0.1) is 6.67 Å². The average Bonchev–Trinajstić information content (AvgIpc) is 3.27. The number of hydrogen-bond acceptors (Lipinski definition) is 0. The Morgan fingerprint density at radius 3 is 2.20 bits per heavy atom. The van der Waals surface area contributed by atoms with E-state index in [1.165, 1.54) is 29.5 Å². The zero-order chi connectivity index (χ0) is 17.3. The first-order chi connectivity index (χ1) is 12.1. The van der Waals surface area contributed by atoms with Crippen LogP contribution in [0.15, 0.2) is 48.5 Å². The Morgan fingerprint density at radius 2 is 1.56 bits per heavy atom. The molecule has 3 aliphatic rings. The summed E-state index contributed by atoms with van der Waals surface area (Å²) in [6.07, 6.45) is 4.18. The zero-order valence-corrected chi connectivity index (χ0v) is 15.2. The summed E-state index contributed by atoms with van der Waals surface area (Å²) in [6.45, 7) is 4.45. The summed E-state index contributed by atoms with van der Waals surface area (Å²) in [5.74, 6) is 0.678. The minimum Gasteiger partial charge on any atom is -0.325 e. The quantitative estimate of drug-likeness (QED) is 0.867. The Labute approximate surface area is 149 Å². The molecule has 0 saturated heterocycles. The molecule has 0 aromatic heterocycles. The second-order valence-electron chi connectivity index (χ2n) is 8.65. The average molecular weight is 336 g/mol. The SMILES string of the molecule is CC[C@@]12C[C@@H]1CC1(CCF)[NH2+][C@@](C)(c3ccccc31)c1ccccc12. The molecule has 2 aromatic rings. The van der Waals surface area contributed by atoms with Crippen molar-refractivity contribution >= 4 is 0 Å². The molecule has 1 unspecified atom stereocenters. The molecule has 2 aliphatic heterocycles. The van der Waals surface area contributed by atoms with Gasteiger partial charge in [-0.15, -0.1) is 0 Å². The normalized spacial score (nSPS) is 37.5. The zero-order valence-electron chi connectivity index (χ0n) is 15.2. The van der Waals surface area contributed by atoms with E-state index in [1.54, 1.807) is 5.56 Å². The van der Waals surface area contributed by atoms with Gasteiger partial charge in [-0.25, -0.2) is 0 Å². The highest BCUT2D eigenvalue weighted by Gasteiger charge is 2.65. The molecule has 2 heterocycles. The predicted molar refractivity (Wildman–Crippen MR) is 98.2 cm³/mol. The van der Waals surface area contributed by atoms with Crippen LogP contribution in [0.5, 0.6) is 0 Å². The van der Waals surface area contributed by atoms with Crippen molar-refractivity contribution in [3.63, 3.8) is 0 Å². The molecule has 5 rings (SSSR count). The third-order valence-corrected chi connectivity index (χ3v) is 7.63. The molecule has 4 atom stereocenters. The van der Waals surface area contributed by atoms with Crippen LogP contribution in [0.4, 0.5) is 4.39 Å². The van der Waals surface area contributed by atoms with E-state index >= 15 is 0 Å². The second kappa shape index (κ2) is 4.94. The van der Waals surface area contributed by atoms with E-state index in [1.807, 2.05) is 0 Å². The van der Waals surface area contributed by atoms with Crippen molar-refractivity contribution in [2.45, 2.75) is 56.0 Å². The molecule has 1 nitrogen and oxygen atoms in total. The van der Waals surface area contributed by atoms with Gasteiger partial charge in [-0.05, 0) is 36.7 Å². The van der Waals surface area contributed by atoms with Crippen molar-refractivity contribution in [1.82, 2.24) is 0 Å². The predicted octanol–water partition coefficient (Wildman–Crippen LogP) is 4.15. The van der Waals surface area contributed by atoms with Crippen LogP contribution in [0.3, 0.4) is 0 Å². The maximum absolute atomic E-state index is 13.7. The van der Waals surface area contributed by atoms with Gasteiger partial charge < -0.3 is 5.32 Å². The molecule has 0 amide bonds. The fraction of sp³-hybridized carbons (Fsp3) is 0.478. The molecule has 0 spiro atoms. The van der Waals surface area contributed by atoms with Crippen LogP contribution in [0.2, 0.25) is 0 Å². The van der Waals surface area contributed by atoms with Gasteiger partial charge >= 0.3 is 0 Å². The number of quaternary nitrogens is 1. The van der Waals surface area contributed by atoms with E-state index in [2.05, 4.69) is 67.7 Å². The van der Waals surface area contributed by atoms with Gasteiger partial charge in [0, 0.05) is 29.5 Å². The fourth-order valence-electron chi connectivity index (χ4n) is 6.36. The van der Waals surface area contributed by atoms with Crippen molar-refractivity contribution in [3.05, 3.63) is 70.8 Å². The van der Waals surface area contributed by atoms with Crippen molar-refractivity contribution in [1.29, 1.82) is 0 Å². The number of rotatable bonds is 3. The van der Waals surface area contributed by atoms with Crippen LogP contribution in [0.1, 0.15) is 61.8 Å². The summed E-state index contributed by atoms with van der Waals surface area (Å²) >= 11 is 0. The van der Waals surface area contributed by atoms with Crippen LogP contribution in [-0.4, -0.2) is 6.67 Å². The van der Waals surface area contributed by atoms with Crippen LogP contribution < -0.4 is 5.32 Å². The minimum absolute atomic E-state index is 0.102. The minimum atomic E-state index is -0.242. The fourth-order valence-corrected chi connectivity index (χ4v) is 6.36. The highest BCUT2D eigenvalue weighted by Crippen LogP contribution is 2.64. The molecule has 2 heteroatoms. The topological polar surface area (TPSA) is 16.6 Å². The molecule has 1 aliphatic carbocycles. The van der Waals surface area contributed by atoms with Crippen molar-refractivity contribution < 1.29 is 9.71 Å². The number of benzene rings is 2. The highest BCUT2D eigenvalue weighted by molar-refractivity contribution is 5.53. The van der Waals surface area contributed by atoms with Gasteiger partial charge in [-0.3, -0.25) is 4.39 Å². The van der Waals surface area contributed by atoms with Gasteiger partial charge in [-0.1, -0.05) is 55.5 Å². The molecule has 130 valence electrons. The molecule has 25 heavy (non-hydrogen) atoms. The van der Waals surface area contributed by atoms with Gasteiger partial charge in [0.1, 0.15) is 11.1 Å². The van der Waals surface area contributed by atoms with Crippen LogP contribution in [-0.2, 0) is 16.5 Å². The number of nitrogens with two attached hydrogens (primary N) is 1. The summed E-state index contributed by atoms with van der Waals surface area (Å²) in [5.41, 5.74) is 5.87. The van der Waals surface area contributed by atoms with E-state index in [0.29, 0.717) is 17.8 Å². The Bertz CT molecular complexity index is 845. The molecule has 2 aromatic carbocycles. The lowest BCUT2D eigenvalue weighted by Crippen LogP contribution is -3.00. The number of halogens is 1. The van der Waals surface area contributed by atoms with E-state index < -0.39 is 0 Å². The Kier molecular flexibility index (Phi) is 3.08. The maximum atomic E-state index is 13.7. The van der Waals surface area contributed by atoms with Gasteiger partial charge in [0.2, 0.25) is 0 Å². The summed E-state index contributed by atoms with van der Waals surface area (Å²) in [4.78, 5) is 0. The Morgan fingerprint density at radius 1 is 0.960 bits per heavy atom. The number of fused-ring (bicyclic) bond motifs is 9. The first-order valence-electron chi connectivity index (χ1n) is 9.73. The van der Waals surface area contributed by atoms with Gasteiger partial charge in [0.15, 0.2) is 0 Å². The van der Waals surface area contributed by atoms with Crippen molar-refractivity contribution in [2.24, 2.45) is 5.92 Å². The Hall–Kier alpha value is -1.67. The molecule has 1 saturated carbocycles. The molecular weight excluding hydrogens is 309 g/mol. The number of alkyl halides is 1. The first kappa shape index (κ1) is 15.6. The van der Waals surface area contributed by atoms with E-state index in [9.17, 15) is 4.39 Å². The van der Waals surface area contributed by atoms with E-state index in [0.717, 1.165) is 6.42 Å². The van der Waals surface area contributed by atoms with Gasteiger partial charge in [-0.2, -0.15) is 0 Å². The summed E-state index contributed by atoms with van der Waals surface area (Å²) in [5, 5.41) is 2.51. The molecular formula is C23H27FN+. The summed E-state index contributed by atoms with van der Waals surface area (Å²) in [6, 6.07) is 17.9. The van der Waals surface area contributed by atoms with Crippen LogP contribution in [0.25, 0.3) is 0 Å². The molecule has 1 fully saturated rings. The van der Waals surface area contributed by atoms with Crippen LogP contribution >= 0.6 is 0 Å². The Balaban J connectivity index is 1.82. The first-order valence-corrected chi connectivity index (χ1v) is 9.73. The standard InChI is InChI=1S/C23H26FN/c1-3-22-14-16(22)15-23(12-13-24)20-11-7-5-9-18(20)21(2,25-23)17-8-4-6-10-19(17)22/h4-11,16,25H,3,12-15H2,1-2H3/p+1/t16-,21-,22-,23?/m1/s1. The third-order valence-electron chi connectivity index (χ3n) is 7.63. The lowest BCUT2D eigenvalue weighted by Gasteiger charge is -2.37. The summed E-state index contributed by atoms with van der Waals surface area (Å²) < 4.78 is 13.7. The molecule has 2 bridgehead atoms. The van der Waals surface area contributed by atoms with E-state index in [4.69, 9.17) is 0 Å². The second-order valence-corrected chi connectivity index (χ2v) is 8.65. The third kappa shape index (κ3) is 1.81. The smallest absolute Gasteiger partial charge is 0.146 e. The molecule has 0 radical (unpaired) electrons. The van der Waals surface area contributed by atoms with Crippen molar-refractivity contribution in [2.75, 3.05) is 6.67 Å². The lowest BCUT2D eigenvalue weighted by molar-refractivity contribution is -0.787. The van der Waals surface area contributed by atoms with E-state index in [-0.39, 0.29) is 17.8 Å². The van der Waals surface area contributed by atoms with Crippen molar-refractivity contribution in [3.8, 4) is 0 Å². The largest absolute Gasteiger partial charge is 0.325 e. The highest BCUT2D eigenvalue weighted by atomic mass is 19.1.